The molecule has 4 nitrogen and oxygen atoms in total. The van der Waals surface area contributed by atoms with Gasteiger partial charge in [0.1, 0.15) is 16.2 Å². The van der Waals surface area contributed by atoms with Crippen molar-refractivity contribution in [3.63, 3.8) is 0 Å². The molecule has 0 aliphatic heterocycles. The van der Waals surface area contributed by atoms with Gasteiger partial charge in [-0.1, -0.05) is 23.9 Å². The highest BCUT2D eigenvalue weighted by molar-refractivity contribution is 7.99. The van der Waals surface area contributed by atoms with Gasteiger partial charge in [0.2, 0.25) is 6.08 Å². The molecule has 0 saturated carbocycles. The summed E-state index contributed by atoms with van der Waals surface area (Å²) in [6, 6.07) is 7.44. The number of para-hydroxylation sites is 1. The van der Waals surface area contributed by atoms with Gasteiger partial charge < -0.3 is 0 Å². The van der Waals surface area contributed by atoms with E-state index in [1.807, 2.05) is 25.1 Å². The lowest BCUT2D eigenvalue weighted by Crippen LogP contribution is -1.85. The van der Waals surface area contributed by atoms with Crippen LogP contribution in [0, 0.1) is 6.92 Å². The third-order valence-corrected chi connectivity index (χ3v) is 4.83. The maximum Gasteiger partial charge on any atom is 0.240 e. The summed E-state index contributed by atoms with van der Waals surface area (Å²) in [6.07, 6.45) is 3.15. The monoisotopic (exact) mass is 299 g/mol. The van der Waals surface area contributed by atoms with Crippen LogP contribution < -0.4 is 0 Å². The molecule has 0 radical (unpaired) electrons. The highest BCUT2D eigenvalue weighted by atomic mass is 32.2. The highest BCUT2D eigenvalue weighted by Crippen LogP contribution is 2.38. The Morgan fingerprint density at radius 2 is 2.15 bits per heavy atom. The number of rotatable bonds is 3. The Balaban J connectivity index is 2.10. The van der Waals surface area contributed by atoms with Crippen molar-refractivity contribution in [2.45, 2.75) is 16.8 Å². The Bertz CT molecular complexity index is 822. The van der Waals surface area contributed by atoms with Crippen LogP contribution in [0.2, 0.25) is 0 Å². The van der Waals surface area contributed by atoms with E-state index in [9.17, 15) is 4.79 Å². The Hall–Kier alpha value is -2.01. The normalized spacial score (nSPS) is 10.4. The SMILES string of the molecule is Cc1csc2ncnc(Sc3ccccc3N=C=O)c12. The fraction of sp³-hybridized carbons (Fsp3) is 0.0714. The van der Waals surface area contributed by atoms with E-state index >= 15 is 0 Å². The first kappa shape index (κ1) is 13.0. The second-order valence-electron chi connectivity index (χ2n) is 4.05. The van der Waals surface area contributed by atoms with Crippen LogP contribution in [0.1, 0.15) is 5.56 Å². The number of carbonyl (C=O) groups excluding carboxylic acids is 1. The summed E-state index contributed by atoms with van der Waals surface area (Å²) >= 11 is 3.09. The van der Waals surface area contributed by atoms with Crippen molar-refractivity contribution in [1.82, 2.24) is 9.97 Å². The maximum absolute atomic E-state index is 10.5. The molecule has 0 fully saturated rings. The molecule has 2 heterocycles. The number of nitrogens with zero attached hydrogens (tertiary/aromatic N) is 3. The van der Waals surface area contributed by atoms with Gasteiger partial charge in [0.25, 0.3) is 0 Å². The van der Waals surface area contributed by atoms with Gasteiger partial charge in [0, 0.05) is 10.3 Å². The minimum absolute atomic E-state index is 0.604. The number of aryl methyl sites for hydroxylation is 1. The van der Waals surface area contributed by atoms with Crippen LogP contribution in [0.15, 0.2) is 50.9 Å². The second-order valence-corrected chi connectivity index (χ2v) is 5.94. The first-order chi connectivity index (χ1) is 9.79. The summed E-state index contributed by atoms with van der Waals surface area (Å²) in [5, 5.41) is 4.01. The highest BCUT2D eigenvalue weighted by Gasteiger charge is 2.11. The molecule has 0 aliphatic carbocycles. The van der Waals surface area contributed by atoms with Crippen molar-refractivity contribution < 1.29 is 4.79 Å². The summed E-state index contributed by atoms with van der Waals surface area (Å²) in [5.74, 6) is 0. The molecule has 98 valence electrons. The first-order valence-corrected chi connectivity index (χ1v) is 7.53. The van der Waals surface area contributed by atoms with Crippen LogP contribution in [0.25, 0.3) is 10.2 Å². The molecule has 6 heteroatoms. The molecule has 0 N–H and O–H groups in total. The van der Waals surface area contributed by atoms with E-state index < -0.39 is 0 Å². The average Bonchev–Trinajstić information content (AvgIpc) is 2.84. The number of aromatic nitrogens is 2. The third-order valence-electron chi connectivity index (χ3n) is 2.76. The molecule has 0 unspecified atom stereocenters. The number of isocyanates is 1. The predicted octanol–water partition coefficient (Wildman–Crippen LogP) is 4.12. The lowest BCUT2D eigenvalue weighted by Gasteiger charge is -2.05. The molecule has 20 heavy (non-hydrogen) atoms. The summed E-state index contributed by atoms with van der Waals surface area (Å²) in [6.45, 7) is 2.04. The summed E-state index contributed by atoms with van der Waals surface area (Å²) < 4.78 is 0. The van der Waals surface area contributed by atoms with Crippen molar-refractivity contribution in [1.29, 1.82) is 0 Å². The molecule has 3 rings (SSSR count). The van der Waals surface area contributed by atoms with E-state index in [-0.39, 0.29) is 0 Å². The van der Waals surface area contributed by atoms with E-state index in [1.165, 1.54) is 11.8 Å². The molecule has 0 atom stereocenters. The van der Waals surface area contributed by atoms with Crippen LogP contribution in [-0.2, 0) is 4.79 Å². The summed E-state index contributed by atoms with van der Waals surface area (Å²) in [4.78, 5) is 24.7. The van der Waals surface area contributed by atoms with Gasteiger partial charge in [0.15, 0.2) is 0 Å². The smallest absolute Gasteiger partial charge is 0.229 e. The van der Waals surface area contributed by atoms with Crippen LogP contribution >= 0.6 is 23.1 Å². The topological polar surface area (TPSA) is 55.2 Å². The van der Waals surface area contributed by atoms with Gasteiger partial charge in [-0.05, 0) is 30.0 Å². The molecule has 0 spiro atoms. The van der Waals surface area contributed by atoms with E-state index in [0.29, 0.717) is 5.69 Å². The first-order valence-electron chi connectivity index (χ1n) is 5.83. The standard InChI is InChI=1S/C14H9N3OS2/c1-9-6-19-13-12(9)14(16-7-15-13)20-11-5-3-2-4-10(11)17-8-18/h2-7H,1H3. The van der Waals surface area contributed by atoms with Crippen molar-refractivity contribution in [3.8, 4) is 0 Å². The lowest BCUT2D eigenvalue weighted by molar-refractivity contribution is 0.565. The molecule has 2 aromatic heterocycles. The quantitative estimate of drug-likeness (QED) is 0.415. The molecule has 0 bridgehead atoms. The van der Waals surface area contributed by atoms with Crippen molar-refractivity contribution >= 4 is 45.1 Å². The van der Waals surface area contributed by atoms with Gasteiger partial charge in [0.05, 0.1) is 5.69 Å². The molecule has 0 saturated heterocycles. The average molecular weight is 299 g/mol. The number of fused-ring (bicyclic) bond motifs is 1. The summed E-state index contributed by atoms with van der Waals surface area (Å²) in [7, 11) is 0. The van der Waals surface area contributed by atoms with Crippen molar-refractivity contribution in [3.05, 3.63) is 41.5 Å². The zero-order valence-electron chi connectivity index (χ0n) is 10.5. The number of hydrogen-bond acceptors (Lipinski definition) is 6. The predicted molar refractivity (Wildman–Crippen MR) is 80.5 cm³/mol. The van der Waals surface area contributed by atoms with Gasteiger partial charge in [-0.2, -0.15) is 4.99 Å². The Morgan fingerprint density at radius 3 is 3.00 bits per heavy atom. The van der Waals surface area contributed by atoms with Crippen molar-refractivity contribution in [2.75, 3.05) is 0 Å². The van der Waals surface area contributed by atoms with Gasteiger partial charge >= 0.3 is 0 Å². The molecular weight excluding hydrogens is 290 g/mol. The Kier molecular flexibility index (Phi) is 3.60. The Morgan fingerprint density at radius 1 is 1.30 bits per heavy atom. The largest absolute Gasteiger partial charge is 0.240 e. The van der Waals surface area contributed by atoms with Gasteiger partial charge in [-0.15, -0.1) is 11.3 Å². The van der Waals surface area contributed by atoms with Crippen LogP contribution in [0.4, 0.5) is 5.69 Å². The number of hydrogen-bond donors (Lipinski definition) is 0. The zero-order valence-corrected chi connectivity index (χ0v) is 12.2. The van der Waals surface area contributed by atoms with E-state index in [2.05, 4.69) is 20.3 Å². The van der Waals surface area contributed by atoms with E-state index in [4.69, 9.17) is 0 Å². The van der Waals surface area contributed by atoms with Gasteiger partial charge in [-0.25, -0.2) is 14.8 Å². The minimum Gasteiger partial charge on any atom is -0.229 e. The maximum atomic E-state index is 10.5. The number of benzene rings is 1. The fourth-order valence-electron chi connectivity index (χ4n) is 1.85. The molecular formula is C14H9N3OS2. The molecule has 1 aromatic carbocycles. The fourth-order valence-corrected chi connectivity index (χ4v) is 3.84. The Labute approximate surface area is 123 Å². The molecule has 0 aliphatic rings. The summed E-state index contributed by atoms with van der Waals surface area (Å²) in [5.41, 5.74) is 1.76. The zero-order chi connectivity index (χ0) is 13.9. The third kappa shape index (κ3) is 2.36. The van der Waals surface area contributed by atoms with Gasteiger partial charge in [-0.3, -0.25) is 0 Å². The van der Waals surface area contributed by atoms with E-state index in [1.54, 1.807) is 29.8 Å². The lowest BCUT2D eigenvalue weighted by atomic mass is 10.3. The number of aliphatic imine (C=N–C) groups is 1. The van der Waals surface area contributed by atoms with Crippen LogP contribution in [0.3, 0.4) is 0 Å². The molecule has 3 aromatic rings. The van der Waals surface area contributed by atoms with E-state index in [0.717, 1.165) is 25.7 Å². The van der Waals surface area contributed by atoms with Crippen molar-refractivity contribution in [2.24, 2.45) is 4.99 Å². The van der Waals surface area contributed by atoms with Crippen LogP contribution in [0.5, 0.6) is 0 Å². The molecule has 0 amide bonds. The number of thiophene rings is 1. The second kappa shape index (κ2) is 5.54. The van der Waals surface area contributed by atoms with Crippen LogP contribution in [-0.4, -0.2) is 16.0 Å². The minimum atomic E-state index is 0.604.